The molecule has 0 saturated carbocycles. The van der Waals surface area contributed by atoms with Gasteiger partial charge in [0.25, 0.3) is 0 Å². The lowest BCUT2D eigenvalue weighted by atomic mass is 9.86. The third kappa shape index (κ3) is 4.35. The normalized spacial score (nSPS) is 11.3. The molecule has 2 aromatic carbocycles. The average molecular weight is 491 g/mol. The van der Waals surface area contributed by atoms with Crippen LogP contribution in [0.25, 0.3) is 11.1 Å². The van der Waals surface area contributed by atoms with Crippen molar-refractivity contribution in [2.24, 2.45) is 0 Å². The van der Waals surface area contributed by atoms with Crippen molar-refractivity contribution in [3.8, 4) is 42.5 Å². The van der Waals surface area contributed by atoms with Gasteiger partial charge in [-0.2, -0.15) is 63.2 Å². The Morgan fingerprint density at radius 1 is 0.611 bits per heavy atom. The minimum atomic E-state index is -5.49. The lowest BCUT2D eigenvalue weighted by Crippen LogP contribution is -2.24. The molecule has 36 heavy (non-hydrogen) atoms. The highest BCUT2D eigenvalue weighted by Crippen LogP contribution is 2.43. The number of benzene rings is 2. The van der Waals surface area contributed by atoms with Gasteiger partial charge in [0, 0.05) is 16.0 Å². The zero-order chi connectivity index (χ0) is 27.4. The molecule has 0 amide bonds. The van der Waals surface area contributed by atoms with E-state index in [0.717, 1.165) is 24.3 Å². The second kappa shape index (κ2) is 9.59. The molecule has 0 fully saturated rings. The van der Waals surface area contributed by atoms with Gasteiger partial charge >= 0.3 is 12.4 Å². The molecule has 0 aromatic heterocycles. The quantitative estimate of drug-likeness (QED) is 0.552. The van der Waals surface area contributed by atoms with Crippen LogP contribution in [0.5, 0.6) is 0 Å². The van der Waals surface area contributed by atoms with Crippen LogP contribution in [0.1, 0.15) is 38.9 Å². The third-order valence-electron chi connectivity index (χ3n) is 4.70. The van der Waals surface area contributed by atoms with Crippen molar-refractivity contribution in [3.05, 3.63) is 67.6 Å². The van der Waals surface area contributed by atoms with Crippen LogP contribution in [0.3, 0.4) is 0 Å². The van der Waals surface area contributed by atoms with E-state index in [-0.39, 0.29) is 6.07 Å². The van der Waals surface area contributed by atoms with E-state index in [0.29, 0.717) is 0 Å². The van der Waals surface area contributed by atoms with Crippen LogP contribution >= 0.6 is 0 Å². The van der Waals surface area contributed by atoms with E-state index >= 15 is 0 Å². The fraction of sp³-hybridized carbons (Fsp3) is 0.0870. The van der Waals surface area contributed by atoms with Crippen LogP contribution < -0.4 is 10.4 Å². The molecule has 0 saturated heterocycles. The van der Waals surface area contributed by atoms with Gasteiger partial charge in [-0.1, -0.05) is 12.1 Å². The summed E-state index contributed by atoms with van der Waals surface area (Å²) in [5.41, 5.74) is -12.2. The molecule has 0 aliphatic rings. The largest absolute Gasteiger partial charge is 0.418 e. The fourth-order valence-electron chi connectivity index (χ4n) is 3.31. The van der Waals surface area contributed by atoms with Crippen LogP contribution in [0.4, 0.5) is 26.3 Å². The summed E-state index contributed by atoms with van der Waals surface area (Å²) in [5, 5.41) is 64.2. The van der Waals surface area contributed by atoms with Crippen molar-refractivity contribution in [1.82, 2.24) is 0 Å². The second-order valence-corrected chi connectivity index (χ2v) is 6.54. The maximum absolute atomic E-state index is 13.9. The van der Waals surface area contributed by atoms with Crippen LogP contribution in [0, 0.1) is 79.3 Å². The van der Waals surface area contributed by atoms with Crippen molar-refractivity contribution in [2.75, 3.05) is 0 Å². The molecule has 0 aliphatic heterocycles. The summed E-state index contributed by atoms with van der Waals surface area (Å²) < 4.78 is 82.8. The topological polar surface area (TPSA) is 167 Å². The van der Waals surface area contributed by atoms with Gasteiger partial charge in [-0.25, -0.2) is 0 Å². The number of nitrogens with zero attached hydrogens (tertiary/aromatic N) is 7. The fourth-order valence-corrected chi connectivity index (χ4v) is 3.31. The first-order valence-electron chi connectivity index (χ1n) is 8.94. The Hall–Kier alpha value is -5.81. The molecular weight excluding hydrogens is 488 g/mol. The molecule has 0 N–H and O–H groups in total. The average Bonchev–Trinajstić information content (AvgIpc) is 2.83. The van der Waals surface area contributed by atoms with Gasteiger partial charge in [0.1, 0.15) is 42.0 Å². The number of hydrogen-bond acceptors (Lipinski definition) is 7. The Morgan fingerprint density at radius 2 is 1.11 bits per heavy atom. The standard InChI is InChI=1S/C23H3F6N7/c24-22(25,26)19-3-11(4-30)21(23(27,28)29)18(10-36)20(19)17(9-35)14-2-1-13(12(5-31)6-32)15(7-33)16(14)8-34/h1-3H/b17-14+. The number of nitriles is 7. The summed E-state index contributed by atoms with van der Waals surface area (Å²) in [6.07, 6.45) is -11.0. The Bertz CT molecular complexity index is 1720. The van der Waals surface area contributed by atoms with Gasteiger partial charge in [-0.05, 0) is 6.07 Å². The highest BCUT2D eigenvalue weighted by atomic mass is 19.4. The maximum Gasteiger partial charge on any atom is 0.418 e. The van der Waals surface area contributed by atoms with Crippen molar-refractivity contribution < 1.29 is 26.3 Å². The maximum atomic E-state index is 13.9. The minimum absolute atomic E-state index is 0.167. The van der Waals surface area contributed by atoms with Crippen molar-refractivity contribution in [2.45, 2.75) is 12.4 Å². The molecule has 0 aliphatic carbocycles. The lowest BCUT2D eigenvalue weighted by Gasteiger charge is -2.19. The number of alkyl halides is 6. The zero-order valence-corrected chi connectivity index (χ0v) is 17.1. The summed E-state index contributed by atoms with van der Waals surface area (Å²) in [5.74, 6) is 0. The molecular formula is C23H3F6N7. The Morgan fingerprint density at radius 3 is 1.50 bits per heavy atom. The van der Waals surface area contributed by atoms with Crippen molar-refractivity contribution >= 4 is 11.1 Å². The first-order valence-corrected chi connectivity index (χ1v) is 8.94. The van der Waals surface area contributed by atoms with E-state index in [1.807, 2.05) is 0 Å². The molecule has 172 valence electrons. The van der Waals surface area contributed by atoms with E-state index < -0.39 is 72.9 Å². The molecule has 0 bridgehead atoms. The summed E-state index contributed by atoms with van der Waals surface area (Å²) in [6, 6.07) is 10.5. The first kappa shape index (κ1) is 26.4. The molecule has 2 aromatic rings. The number of halogens is 6. The number of hydrogen-bond donors (Lipinski definition) is 0. The highest BCUT2D eigenvalue weighted by Gasteiger charge is 2.44. The molecule has 2 rings (SSSR count). The smallest absolute Gasteiger partial charge is 0.192 e. The Labute approximate surface area is 197 Å². The molecule has 0 radical (unpaired) electrons. The lowest BCUT2D eigenvalue weighted by molar-refractivity contribution is -0.141. The van der Waals surface area contributed by atoms with E-state index in [1.54, 1.807) is 0 Å². The predicted molar refractivity (Wildman–Crippen MR) is 104 cm³/mol. The van der Waals surface area contributed by atoms with Gasteiger partial charge in [-0.15, -0.1) is 0 Å². The van der Waals surface area contributed by atoms with E-state index in [2.05, 4.69) is 0 Å². The van der Waals surface area contributed by atoms with Gasteiger partial charge in [0.15, 0.2) is 0 Å². The molecule has 0 atom stereocenters. The molecule has 0 heterocycles. The highest BCUT2D eigenvalue weighted by molar-refractivity contribution is 5.85. The van der Waals surface area contributed by atoms with Crippen LogP contribution in [-0.4, -0.2) is 0 Å². The summed E-state index contributed by atoms with van der Waals surface area (Å²) in [7, 11) is 0. The van der Waals surface area contributed by atoms with Gasteiger partial charge in [0.2, 0.25) is 0 Å². The molecule has 0 unspecified atom stereocenters. The molecule has 7 nitrogen and oxygen atoms in total. The van der Waals surface area contributed by atoms with E-state index in [4.69, 9.17) is 15.8 Å². The SMILES string of the molecule is N#CC(C#N)=c1cc/c(=C(/C#N)c2c(C(F)(F)F)cc(C#N)c(C(F)(F)F)c2C#N)c(C#N)c1C#N. The van der Waals surface area contributed by atoms with Crippen LogP contribution in [0.2, 0.25) is 0 Å². The third-order valence-corrected chi connectivity index (χ3v) is 4.70. The molecule has 0 spiro atoms. The monoisotopic (exact) mass is 491 g/mol. The number of rotatable bonds is 1. The van der Waals surface area contributed by atoms with E-state index in [1.165, 1.54) is 30.3 Å². The first-order chi connectivity index (χ1) is 16.9. The van der Waals surface area contributed by atoms with Gasteiger partial charge < -0.3 is 0 Å². The van der Waals surface area contributed by atoms with E-state index in [9.17, 15) is 47.4 Å². The van der Waals surface area contributed by atoms with Gasteiger partial charge in [0.05, 0.1) is 45.0 Å². The van der Waals surface area contributed by atoms with Crippen LogP contribution in [0.15, 0.2) is 18.2 Å². The Balaban J connectivity index is 3.48. The Kier molecular flexibility index (Phi) is 7.04. The van der Waals surface area contributed by atoms with Gasteiger partial charge in [-0.3, -0.25) is 0 Å². The summed E-state index contributed by atoms with van der Waals surface area (Å²) >= 11 is 0. The second-order valence-electron chi connectivity index (χ2n) is 6.54. The van der Waals surface area contributed by atoms with Crippen molar-refractivity contribution in [1.29, 1.82) is 36.8 Å². The van der Waals surface area contributed by atoms with Crippen molar-refractivity contribution in [3.63, 3.8) is 0 Å². The summed E-state index contributed by atoms with van der Waals surface area (Å²) in [4.78, 5) is 0. The molecule has 13 heteroatoms. The minimum Gasteiger partial charge on any atom is -0.192 e. The van der Waals surface area contributed by atoms with Crippen LogP contribution in [-0.2, 0) is 12.4 Å². The zero-order valence-electron chi connectivity index (χ0n) is 17.1. The predicted octanol–water partition coefficient (Wildman–Crippen LogP) is 3.13. The summed E-state index contributed by atoms with van der Waals surface area (Å²) in [6.45, 7) is 0.